The van der Waals surface area contributed by atoms with Crippen LogP contribution in [0.5, 0.6) is 0 Å². The molecule has 0 aromatic carbocycles. The molecule has 0 aliphatic rings. The lowest BCUT2D eigenvalue weighted by atomic mass is 9.83. The number of aliphatic hydroxyl groups excluding tert-OH is 1. The smallest absolute Gasteiger partial charge is 0.410 e. The molecule has 114 valence electrons. The number of ether oxygens (including phenoxy) is 1. The second-order valence-corrected chi connectivity index (χ2v) is 7.20. The van der Waals surface area contributed by atoms with Crippen molar-refractivity contribution in [3.8, 4) is 0 Å². The molecular weight excluding hydrogens is 242 g/mol. The van der Waals surface area contributed by atoms with E-state index in [1.807, 2.05) is 27.7 Å². The molecule has 0 aromatic heterocycles. The predicted molar refractivity (Wildman–Crippen MR) is 78.2 cm³/mol. The first-order chi connectivity index (χ1) is 8.43. The molecule has 1 amide bonds. The minimum absolute atomic E-state index is 0.118. The van der Waals surface area contributed by atoms with E-state index in [0.717, 1.165) is 19.3 Å². The van der Waals surface area contributed by atoms with Gasteiger partial charge in [-0.2, -0.15) is 0 Å². The number of hydrogen-bond acceptors (Lipinski definition) is 3. The first-order valence-electron chi connectivity index (χ1n) is 7.05. The Hall–Kier alpha value is -0.770. The van der Waals surface area contributed by atoms with E-state index in [-0.39, 0.29) is 17.6 Å². The molecule has 0 rings (SSSR count). The Labute approximate surface area is 118 Å². The van der Waals surface area contributed by atoms with E-state index < -0.39 is 5.60 Å². The van der Waals surface area contributed by atoms with Gasteiger partial charge in [0.1, 0.15) is 5.60 Å². The Morgan fingerprint density at radius 2 is 1.74 bits per heavy atom. The number of rotatable bonds is 6. The molecule has 0 bridgehead atoms. The summed E-state index contributed by atoms with van der Waals surface area (Å²) in [6.07, 6.45) is 2.10. The van der Waals surface area contributed by atoms with E-state index in [1.54, 1.807) is 11.9 Å². The summed E-state index contributed by atoms with van der Waals surface area (Å²) < 4.78 is 5.31. The summed E-state index contributed by atoms with van der Waals surface area (Å²) in [7, 11) is 1.76. The van der Waals surface area contributed by atoms with Gasteiger partial charge in [-0.25, -0.2) is 4.79 Å². The molecule has 0 saturated heterocycles. The van der Waals surface area contributed by atoms with Crippen LogP contribution in [0.15, 0.2) is 0 Å². The van der Waals surface area contributed by atoms with Crippen LogP contribution in [0, 0.1) is 5.41 Å². The van der Waals surface area contributed by atoms with Crippen LogP contribution < -0.4 is 0 Å². The van der Waals surface area contributed by atoms with Gasteiger partial charge >= 0.3 is 6.09 Å². The van der Waals surface area contributed by atoms with E-state index in [2.05, 4.69) is 13.8 Å². The molecule has 0 spiro atoms. The van der Waals surface area contributed by atoms with Gasteiger partial charge in [0.25, 0.3) is 0 Å². The number of carbonyl (C=O) groups is 1. The Kier molecular flexibility index (Phi) is 6.84. The molecule has 1 unspecified atom stereocenters. The van der Waals surface area contributed by atoms with E-state index in [9.17, 15) is 9.90 Å². The van der Waals surface area contributed by atoms with Gasteiger partial charge in [0.05, 0.1) is 6.10 Å². The normalized spacial score (nSPS) is 14.1. The second-order valence-electron chi connectivity index (χ2n) is 7.20. The van der Waals surface area contributed by atoms with Crippen molar-refractivity contribution in [3.63, 3.8) is 0 Å². The monoisotopic (exact) mass is 273 g/mol. The van der Waals surface area contributed by atoms with Crippen LogP contribution in [-0.2, 0) is 4.74 Å². The number of nitrogens with zero attached hydrogens (tertiary/aromatic N) is 1. The van der Waals surface area contributed by atoms with Crippen molar-refractivity contribution in [2.45, 2.75) is 72.5 Å². The van der Waals surface area contributed by atoms with Crippen LogP contribution in [0.2, 0.25) is 0 Å². The lowest BCUT2D eigenvalue weighted by molar-refractivity contribution is 0.0277. The molecule has 0 aromatic rings. The molecule has 0 saturated carbocycles. The summed E-state index contributed by atoms with van der Waals surface area (Å²) in [5.41, 5.74) is -0.333. The number of amides is 1. The third-order valence-corrected chi connectivity index (χ3v) is 3.07. The van der Waals surface area contributed by atoms with Gasteiger partial charge in [0.15, 0.2) is 0 Å². The van der Waals surface area contributed by atoms with Gasteiger partial charge in [-0.05, 0) is 52.4 Å². The molecular formula is C15H31NO3. The van der Waals surface area contributed by atoms with Gasteiger partial charge in [0, 0.05) is 13.6 Å². The minimum Gasteiger partial charge on any atom is -0.444 e. The summed E-state index contributed by atoms with van der Waals surface area (Å²) in [6.45, 7) is 12.4. The molecule has 19 heavy (non-hydrogen) atoms. The fraction of sp³-hybridized carbons (Fsp3) is 0.933. The fourth-order valence-electron chi connectivity index (χ4n) is 1.63. The maximum absolute atomic E-state index is 11.8. The summed E-state index contributed by atoms with van der Waals surface area (Å²) in [5.74, 6) is 0. The number of aliphatic hydroxyl groups is 1. The third kappa shape index (κ3) is 9.77. The van der Waals surface area contributed by atoms with Crippen molar-refractivity contribution in [2.75, 3.05) is 13.6 Å². The third-order valence-electron chi connectivity index (χ3n) is 3.07. The molecule has 4 heteroatoms. The molecule has 0 radical (unpaired) electrons. The highest BCUT2D eigenvalue weighted by atomic mass is 16.6. The zero-order valence-electron chi connectivity index (χ0n) is 13.6. The van der Waals surface area contributed by atoms with Gasteiger partial charge in [0.2, 0.25) is 0 Å². The molecule has 0 aliphatic carbocycles. The SMILES string of the molecule is CC(O)CCC(C)(C)CCN(C)C(=O)OC(C)(C)C. The topological polar surface area (TPSA) is 49.8 Å². The van der Waals surface area contributed by atoms with Crippen LogP contribution >= 0.6 is 0 Å². The molecule has 4 nitrogen and oxygen atoms in total. The molecule has 1 atom stereocenters. The first kappa shape index (κ1) is 18.2. The highest BCUT2D eigenvalue weighted by molar-refractivity contribution is 5.67. The Balaban J connectivity index is 4.13. The zero-order valence-corrected chi connectivity index (χ0v) is 13.6. The second kappa shape index (κ2) is 7.13. The molecule has 0 heterocycles. The van der Waals surface area contributed by atoms with Crippen molar-refractivity contribution >= 4 is 6.09 Å². The summed E-state index contributed by atoms with van der Waals surface area (Å²) in [5, 5.41) is 9.32. The van der Waals surface area contributed by atoms with Gasteiger partial charge in [-0.3, -0.25) is 0 Å². The quantitative estimate of drug-likeness (QED) is 0.806. The Morgan fingerprint density at radius 1 is 1.21 bits per heavy atom. The van der Waals surface area contributed by atoms with E-state index in [4.69, 9.17) is 4.74 Å². The van der Waals surface area contributed by atoms with Crippen LogP contribution in [0.1, 0.15) is 60.8 Å². The van der Waals surface area contributed by atoms with E-state index in [0.29, 0.717) is 6.54 Å². The number of carbonyl (C=O) groups excluding carboxylic acids is 1. The van der Waals surface area contributed by atoms with Crippen molar-refractivity contribution < 1.29 is 14.6 Å². The van der Waals surface area contributed by atoms with Crippen molar-refractivity contribution in [2.24, 2.45) is 5.41 Å². The average Bonchev–Trinajstić information content (AvgIpc) is 2.21. The van der Waals surface area contributed by atoms with Crippen molar-refractivity contribution in [1.29, 1.82) is 0 Å². The van der Waals surface area contributed by atoms with Crippen molar-refractivity contribution in [3.05, 3.63) is 0 Å². The largest absolute Gasteiger partial charge is 0.444 e. The zero-order chi connectivity index (χ0) is 15.3. The van der Waals surface area contributed by atoms with Crippen molar-refractivity contribution in [1.82, 2.24) is 4.90 Å². The standard InChI is InChI=1S/C15H31NO3/c1-12(17)8-9-15(5,6)10-11-16(7)13(18)19-14(2,3)4/h12,17H,8-11H2,1-7H3. The maximum Gasteiger partial charge on any atom is 0.410 e. The van der Waals surface area contributed by atoms with E-state index in [1.165, 1.54) is 0 Å². The highest BCUT2D eigenvalue weighted by Crippen LogP contribution is 2.27. The van der Waals surface area contributed by atoms with Gasteiger partial charge in [-0.1, -0.05) is 13.8 Å². The van der Waals surface area contributed by atoms with Crippen LogP contribution in [-0.4, -0.2) is 41.4 Å². The van der Waals surface area contributed by atoms with E-state index >= 15 is 0 Å². The molecule has 1 N–H and O–H groups in total. The van der Waals surface area contributed by atoms with Crippen LogP contribution in [0.4, 0.5) is 4.79 Å². The lowest BCUT2D eigenvalue weighted by Crippen LogP contribution is -2.36. The van der Waals surface area contributed by atoms with Gasteiger partial charge < -0.3 is 14.7 Å². The Morgan fingerprint density at radius 3 is 2.16 bits per heavy atom. The number of hydrogen-bond donors (Lipinski definition) is 1. The van der Waals surface area contributed by atoms with Crippen LogP contribution in [0.3, 0.4) is 0 Å². The Bertz CT molecular complexity index is 280. The molecule has 0 aliphatic heterocycles. The average molecular weight is 273 g/mol. The summed E-state index contributed by atoms with van der Waals surface area (Å²) in [4.78, 5) is 13.4. The lowest BCUT2D eigenvalue weighted by Gasteiger charge is -2.29. The predicted octanol–water partition coefficient (Wildman–Crippen LogP) is 3.43. The van der Waals surface area contributed by atoms with Gasteiger partial charge in [-0.15, -0.1) is 0 Å². The first-order valence-corrected chi connectivity index (χ1v) is 7.05. The summed E-state index contributed by atoms with van der Waals surface area (Å²) >= 11 is 0. The minimum atomic E-state index is -0.451. The molecule has 0 fully saturated rings. The maximum atomic E-state index is 11.8. The summed E-state index contributed by atoms with van der Waals surface area (Å²) in [6, 6.07) is 0. The fourth-order valence-corrected chi connectivity index (χ4v) is 1.63. The highest BCUT2D eigenvalue weighted by Gasteiger charge is 2.23. The van der Waals surface area contributed by atoms with Crippen LogP contribution in [0.25, 0.3) is 0 Å².